The van der Waals surface area contributed by atoms with Gasteiger partial charge in [-0.2, -0.15) is 0 Å². The maximum absolute atomic E-state index is 11.5. The van der Waals surface area contributed by atoms with Crippen molar-refractivity contribution in [3.8, 4) is 0 Å². The number of Topliss-reactive ketones (excluding diaryl/α,β-unsaturated/α-hetero) is 1. The summed E-state index contributed by atoms with van der Waals surface area (Å²) in [5.41, 5.74) is 0. The lowest BCUT2D eigenvalue weighted by Gasteiger charge is -2.17. The van der Waals surface area contributed by atoms with Crippen molar-refractivity contribution < 1.29 is 19.1 Å². The molecule has 0 bridgehead atoms. The lowest BCUT2D eigenvalue weighted by molar-refractivity contribution is -0.125. The Morgan fingerprint density at radius 2 is 1.86 bits per heavy atom. The van der Waals surface area contributed by atoms with Crippen LogP contribution < -0.4 is 5.32 Å². The van der Waals surface area contributed by atoms with E-state index in [9.17, 15) is 9.59 Å². The first-order chi connectivity index (χ1) is 6.52. The largest absolute Gasteiger partial charge is 0.453 e. The predicted octanol–water partition coefficient (Wildman–Crippen LogP) is 0.583. The minimum Gasteiger partial charge on any atom is -0.453 e. The van der Waals surface area contributed by atoms with Crippen LogP contribution in [0.2, 0.25) is 0 Å². The van der Waals surface area contributed by atoms with E-state index in [0.717, 1.165) is 0 Å². The number of nitrogens with one attached hydrogen (secondary N) is 1. The Morgan fingerprint density at radius 1 is 1.29 bits per heavy atom. The Hall–Kier alpha value is -1.10. The summed E-state index contributed by atoms with van der Waals surface area (Å²) in [5, 5.41) is 2.41. The van der Waals surface area contributed by atoms with E-state index in [0.29, 0.717) is 0 Å². The van der Waals surface area contributed by atoms with E-state index in [1.807, 2.05) is 0 Å². The molecule has 0 heterocycles. The van der Waals surface area contributed by atoms with Crippen molar-refractivity contribution in [1.82, 2.24) is 5.32 Å². The first-order valence-corrected chi connectivity index (χ1v) is 4.40. The van der Waals surface area contributed by atoms with Crippen molar-refractivity contribution in [2.24, 2.45) is 5.92 Å². The SMILES string of the molecule is COCC(NC(=O)OC)C(=O)C(C)C. The zero-order valence-corrected chi connectivity index (χ0v) is 8.99. The Labute approximate surface area is 83.8 Å². The molecule has 0 aliphatic heterocycles. The summed E-state index contributed by atoms with van der Waals surface area (Å²) in [4.78, 5) is 22.4. The summed E-state index contributed by atoms with van der Waals surface area (Å²) in [5.74, 6) is -0.218. The van der Waals surface area contributed by atoms with Gasteiger partial charge in [-0.05, 0) is 0 Å². The maximum atomic E-state index is 11.5. The molecule has 82 valence electrons. The molecule has 5 heteroatoms. The standard InChI is InChI=1S/C9H17NO4/c1-6(2)8(11)7(5-13-3)10-9(12)14-4/h6-7H,5H2,1-4H3,(H,10,12). The van der Waals surface area contributed by atoms with E-state index < -0.39 is 12.1 Å². The fourth-order valence-electron chi connectivity index (χ4n) is 0.965. The molecule has 0 saturated heterocycles. The van der Waals surface area contributed by atoms with Crippen LogP contribution in [0.3, 0.4) is 0 Å². The Balaban J connectivity index is 4.28. The highest BCUT2D eigenvalue weighted by atomic mass is 16.5. The second kappa shape index (κ2) is 6.37. The smallest absolute Gasteiger partial charge is 0.407 e. The number of carbonyl (C=O) groups is 2. The van der Waals surface area contributed by atoms with Gasteiger partial charge in [-0.25, -0.2) is 4.79 Å². The lowest BCUT2D eigenvalue weighted by Crippen LogP contribution is -2.45. The minimum atomic E-state index is -0.632. The molecule has 0 spiro atoms. The first kappa shape index (κ1) is 12.9. The van der Waals surface area contributed by atoms with Crippen LogP contribution in [0.15, 0.2) is 0 Å². The number of methoxy groups -OCH3 is 2. The van der Waals surface area contributed by atoms with Gasteiger partial charge >= 0.3 is 6.09 Å². The molecule has 0 aromatic heterocycles. The number of alkyl carbamates (subject to hydrolysis) is 1. The molecule has 0 aliphatic rings. The van der Waals surface area contributed by atoms with Crippen molar-refractivity contribution >= 4 is 11.9 Å². The summed E-state index contributed by atoms with van der Waals surface area (Å²) in [6, 6.07) is -0.632. The zero-order chi connectivity index (χ0) is 11.1. The molecule has 1 N–H and O–H groups in total. The fraction of sp³-hybridized carbons (Fsp3) is 0.778. The van der Waals surface area contributed by atoms with Crippen LogP contribution in [0.5, 0.6) is 0 Å². The molecule has 0 saturated carbocycles. The predicted molar refractivity (Wildman–Crippen MR) is 51.0 cm³/mol. The first-order valence-electron chi connectivity index (χ1n) is 4.40. The third kappa shape index (κ3) is 4.23. The van der Waals surface area contributed by atoms with Crippen LogP contribution in [0.4, 0.5) is 4.79 Å². The molecule has 14 heavy (non-hydrogen) atoms. The molecule has 0 aromatic carbocycles. The van der Waals surface area contributed by atoms with Gasteiger partial charge in [-0.15, -0.1) is 0 Å². The van der Waals surface area contributed by atoms with Gasteiger partial charge in [0.2, 0.25) is 0 Å². The quantitative estimate of drug-likeness (QED) is 0.710. The van der Waals surface area contributed by atoms with Crippen molar-refractivity contribution in [2.45, 2.75) is 19.9 Å². The molecule has 0 fully saturated rings. The highest BCUT2D eigenvalue weighted by Crippen LogP contribution is 2.00. The molecule has 5 nitrogen and oxygen atoms in total. The number of hydrogen-bond donors (Lipinski definition) is 1. The van der Waals surface area contributed by atoms with Crippen molar-refractivity contribution in [3.05, 3.63) is 0 Å². The van der Waals surface area contributed by atoms with E-state index in [4.69, 9.17) is 4.74 Å². The Kier molecular flexibility index (Phi) is 5.87. The van der Waals surface area contributed by atoms with Crippen LogP contribution in [0, 0.1) is 5.92 Å². The highest BCUT2D eigenvalue weighted by Gasteiger charge is 2.22. The Morgan fingerprint density at radius 3 is 2.21 bits per heavy atom. The topological polar surface area (TPSA) is 64.6 Å². The number of rotatable bonds is 5. The van der Waals surface area contributed by atoms with Gasteiger partial charge in [0.25, 0.3) is 0 Å². The average Bonchev–Trinajstić information content (AvgIpc) is 2.15. The summed E-state index contributed by atoms with van der Waals surface area (Å²) in [6.45, 7) is 3.69. The van der Waals surface area contributed by atoms with Gasteiger partial charge in [-0.1, -0.05) is 13.8 Å². The normalized spacial score (nSPS) is 12.4. The zero-order valence-electron chi connectivity index (χ0n) is 8.99. The van der Waals surface area contributed by atoms with E-state index in [-0.39, 0.29) is 18.3 Å². The van der Waals surface area contributed by atoms with Gasteiger partial charge in [0.1, 0.15) is 6.04 Å². The van der Waals surface area contributed by atoms with E-state index in [1.54, 1.807) is 13.8 Å². The van der Waals surface area contributed by atoms with E-state index >= 15 is 0 Å². The van der Waals surface area contributed by atoms with Crippen LogP contribution in [0.25, 0.3) is 0 Å². The van der Waals surface area contributed by atoms with Crippen LogP contribution in [0.1, 0.15) is 13.8 Å². The monoisotopic (exact) mass is 203 g/mol. The van der Waals surface area contributed by atoms with Gasteiger partial charge in [0.15, 0.2) is 5.78 Å². The maximum Gasteiger partial charge on any atom is 0.407 e. The summed E-state index contributed by atoms with van der Waals surface area (Å²) in [6.07, 6.45) is -0.624. The Bertz CT molecular complexity index is 203. The van der Waals surface area contributed by atoms with Crippen LogP contribution in [-0.2, 0) is 14.3 Å². The average molecular weight is 203 g/mol. The third-order valence-corrected chi connectivity index (χ3v) is 1.72. The fourth-order valence-corrected chi connectivity index (χ4v) is 0.965. The molecule has 0 aromatic rings. The van der Waals surface area contributed by atoms with Gasteiger partial charge < -0.3 is 14.8 Å². The second-order valence-corrected chi connectivity index (χ2v) is 3.20. The molecule has 1 atom stereocenters. The molecular weight excluding hydrogens is 186 g/mol. The minimum absolute atomic E-state index is 0.0720. The molecular formula is C9H17NO4. The molecule has 0 aliphatic carbocycles. The molecule has 0 rings (SSSR count). The summed E-state index contributed by atoms with van der Waals surface area (Å²) < 4.78 is 9.23. The highest BCUT2D eigenvalue weighted by molar-refractivity contribution is 5.88. The van der Waals surface area contributed by atoms with Crippen molar-refractivity contribution in [3.63, 3.8) is 0 Å². The van der Waals surface area contributed by atoms with Gasteiger partial charge in [0.05, 0.1) is 13.7 Å². The second-order valence-electron chi connectivity index (χ2n) is 3.20. The number of hydrogen-bond acceptors (Lipinski definition) is 4. The van der Waals surface area contributed by atoms with Gasteiger partial charge in [-0.3, -0.25) is 4.79 Å². The number of carbonyl (C=O) groups excluding carboxylic acids is 2. The van der Waals surface area contributed by atoms with Gasteiger partial charge in [0, 0.05) is 13.0 Å². The number of amides is 1. The van der Waals surface area contributed by atoms with Crippen LogP contribution in [-0.4, -0.2) is 38.7 Å². The van der Waals surface area contributed by atoms with Crippen molar-refractivity contribution in [1.29, 1.82) is 0 Å². The van der Waals surface area contributed by atoms with E-state index in [1.165, 1.54) is 14.2 Å². The van der Waals surface area contributed by atoms with Crippen molar-refractivity contribution in [2.75, 3.05) is 20.8 Å². The summed E-state index contributed by atoms with van der Waals surface area (Å²) in [7, 11) is 2.72. The summed E-state index contributed by atoms with van der Waals surface area (Å²) >= 11 is 0. The molecule has 1 amide bonds. The number of ether oxygens (including phenoxy) is 2. The third-order valence-electron chi connectivity index (χ3n) is 1.72. The molecule has 1 unspecified atom stereocenters. The number of ketones is 1. The van der Waals surface area contributed by atoms with Crippen LogP contribution >= 0.6 is 0 Å². The lowest BCUT2D eigenvalue weighted by atomic mass is 10.0. The molecule has 0 radical (unpaired) electrons. The van der Waals surface area contributed by atoms with E-state index in [2.05, 4.69) is 10.1 Å².